The molecule has 1 saturated heterocycles. The van der Waals surface area contributed by atoms with Crippen molar-refractivity contribution in [1.29, 1.82) is 0 Å². The Labute approximate surface area is 142 Å². The van der Waals surface area contributed by atoms with E-state index >= 15 is 0 Å². The molecule has 2 aliphatic rings. The summed E-state index contributed by atoms with van der Waals surface area (Å²) < 4.78 is 28.0. The fourth-order valence-electron chi connectivity index (χ4n) is 3.92. The van der Waals surface area contributed by atoms with Gasteiger partial charge in [-0.25, -0.2) is 8.78 Å². The van der Waals surface area contributed by atoms with Gasteiger partial charge in [-0.05, 0) is 56.8 Å². The van der Waals surface area contributed by atoms with Crippen LogP contribution >= 0.6 is 0 Å². The molecule has 5 heteroatoms. The third-order valence-electron chi connectivity index (χ3n) is 5.40. The van der Waals surface area contributed by atoms with Crippen molar-refractivity contribution in [2.45, 2.75) is 57.5 Å². The minimum absolute atomic E-state index is 0.0142. The summed E-state index contributed by atoms with van der Waals surface area (Å²) in [6.07, 6.45) is 6.48. The van der Waals surface area contributed by atoms with E-state index in [0.29, 0.717) is 12.3 Å². The predicted octanol–water partition coefficient (Wildman–Crippen LogP) is 3.63. The summed E-state index contributed by atoms with van der Waals surface area (Å²) in [5, 5.41) is 3.31. The van der Waals surface area contributed by atoms with Gasteiger partial charge in [0.2, 0.25) is 5.91 Å². The van der Waals surface area contributed by atoms with Gasteiger partial charge in [0.1, 0.15) is 11.6 Å². The third-order valence-corrected chi connectivity index (χ3v) is 5.40. The van der Waals surface area contributed by atoms with Crippen LogP contribution in [-0.2, 0) is 11.3 Å². The van der Waals surface area contributed by atoms with E-state index in [1.807, 2.05) is 0 Å². The Hall–Kier alpha value is -1.49. The number of nitrogens with zero attached hydrogens (tertiary/aromatic N) is 1. The minimum atomic E-state index is -0.564. The number of carbonyl (C=O) groups excluding carboxylic acids is 1. The van der Waals surface area contributed by atoms with Crippen LogP contribution in [-0.4, -0.2) is 29.9 Å². The molecule has 0 bridgehead atoms. The molecular weight excluding hydrogens is 310 g/mol. The Balaban J connectivity index is 1.69. The standard InChI is InChI=1S/C19H26F2N2O/c20-17-6-3-7-18(21)16(17)13-23(15-4-1-2-5-15)19(24)9-8-14-10-11-22-12-14/h3,6-7,14-15,22H,1-2,4-5,8-13H2. The van der Waals surface area contributed by atoms with Crippen LogP contribution in [0.25, 0.3) is 0 Å². The van der Waals surface area contributed by atoms with Crippen molar-refractivity contribution in [3.05, 3.63) is 35.4 Å². The highest BCUT2D eigenvalue weighted by Crippen LogP contribution is 2.28. The van der Waals surface area contributed by atoms with Crippen LogP contribution in [0.4, 0.5) is 8.78 Å². The van der Waals surface area contributed by atoms with Gasteiger partial charge >= 0.3 is 0 Å². The Morgan fingerprint density at radius 2 is 1.88 bits per heavy atom. The Bertz CT molecular complexity index is 546. The molecule has 1 aromatic rings. The van der Waals surface area contributed by atoms with E-state index in [2.05, 4.69) is 5.32 Å². The van der Waals surface area contributed by atoms with Crippen molar-refractivity contribution in [3.8, 4) is 0 Å². The second kappa shape index (κ2) is 8.06. The maximum Gasteiger partial charge on any atom is 0.223 e. The Morgan fingerprint density at radius 3 is 2.50 bits per heavy atom. The first-order chi connectivity index (χ1) is 11.6. The van der Waals surface area contributed by atoms with Gasteiger partial charge in [-0.2, -0.15) is 0 Å². The van der Waals surface area contributed by atoms with E-state index in [-0.39, 0.29) is 24.1 Å². The number of amides is 1. The van der Waals surface area contributed by atoms with Gasteiger partial charge in [0.05, 0.1) is 6.54 Å². The molecule has 1 aromatic carbocycles. The van der Waals surface area contributed by atoms with Crippen LogP contribution in [0.3, 0.4) is 0 Å². The number of nitrogens with one attached hydrogen (secondary N) is 1. The summed E-state index contributed by atoms with van der Waals surface area (Å²) in [6.45, 7) is 2.04. The highest BCUT2D eigenvalue weighted by molar-refractivity contribution is 5.76. The monoisotopic (exact) mass is 336 g/mol. The normalized spacial score (nSPS) is 21.3. The van der Waals surface area contributed by atoms with Gasteiger partial charge < -0.3 is 10.2 Å². The molecule has 1 N–H and O–H groups in total. The lowest BCUT2D eigenvalue weighted by Gasteiger charge is -2.30. The van der Waals surface area contributed by atoms with Crippen LogP contribution < -0.4 is 5.32 Å². The first-order valence-electron chi connectivity index (χ1n) is 9.08. The van der Waals surface area contributed by atoms with Crippen LogP contribution in [0.5, 0.6) is 0 Å². The fraction of sp³-hybridized carbons (Fsp3) is 0.632. The largest absolute Gasteiger partial charge is 0.335 e. The summed E-state index contributed by atoms with van der Waals surface area (Å²) in [5.74, 6) is -0.544. The topological polar surface area (TPSA) is 32.3 Å². The molecular formula is C19H26F2N2O. The first kappa shape index (κ1) is 17.3. The highest BCUT2D eigenvalue weighted by Gasteiger charge is 2.29. The quantitative estimate of drug-likeness (QED) is 0.860. The first-order valence-corrected chi connectivity index (χ1v) is 9.08. The van der Waals surface area contributed by atoms with E-state index in [1.165, 1.54) is 18.2 Å². The zero-order valence-corrected chi connectivity index (χ0v) is 14.1. The molecule has 1 aliphatic heterocycles. The maximum absolute atomic E-state index is 14.0. The van der Waals surface area contributed by atoms with Gasteiger partial charge in [-0.3, -0.25) is 4.79 Å². The molecule has 2 fully saturated rings. The molecule has 0 spiro atoms. The molecule has 1 unspecified atom stereocenters. The maximum atomic E-state index is 14.0. The second-order valence-electron chi connectivity index (χ2n) is 7.06. The van der Waals surface area contributed by atoms with Crippen LogP contribution in [0.2, 0.25) is 0 Å². The average molecular weight is 336 g/mol. The summed E-state index contributed by atoms with van der Waals surface area (Å²) >= 11 is 0. The minimum Gasteiger partial charge on any atom is -0.335 e. The van der Waals surface area contributed by atoms with Gasteiger partial charge in [-0.15, -0.1) is 0 Å². The van der Waals surface area contributed by atoms with Gasteiger partial charge in [-0.1, -0.05) is 18.9 Å². The van der Waals surface area contributed by atoms with Crippen molar-refractivity contribution in [1.82, 2.24) is 10.2 Å². The van der Waals surface area contributed by atoms with Gasteiger partial charge in [0.25, 0.3) is 0 Å². The fourth-order valence-corrected chi connectivity index (χ4v) is 3.92. The van der Waals surface area contributed by atoms with Crippen LogP contribution in [0.1, 0.15) is 50.5 Å². The number of halogens is 2. The molecule has 1 saturated carbocycles. The van der Waals surface area contributed by atoms with Crippen LogP contribution in [0.15, 0.2) is 18.2 Å². The number of benzene rings is 1. The number of carbonyl (C=O) groups is 1. The zero-order chi connectivity index (χ0) is 16.9. The summed E-state index contributed by atoms with van der Waals surface area (Å²) in [6, 6.07) is 4.02. The predicted molar refractivity (Wildman–Crippen MR) is 89.4 cm³/mol. The molecule has 1 heterocycles. The van der Waals surface area contributed by atoms with E-state index < -0.39 is 11.6 Å². The third kappa shape index (κ3) is 4.12. The lowest BCUT2D eigenvalue weighted by molar-refractivity contribution is -0.134. The van der Waals surface area contributed by atoms with Crippen molar-refractivity contribution in [2.24, 2.45) is 5.92 Å². The molecule has 24 heavy (non-hydrogen) atoms. The summed E-state index contributed by atoms with van der Waals surface area (Å²) in [5.41, 5.74) is 0.0142. The summed E-state index contributed by atoms with van der Waals surface area (Å²) in [4.78, 5) is 14.5. The average Bonchev–Trinajstić information content (AvgIpc) is 3.26. The molecule has 1 atom stereocenters. The molecule has 0 radical (unpaired) electrons. The van der Waals surface area contributed by atoms with E-state index in [4.69, 9.17) is 0 Å². The molecule has 3 nitrogen and oxygen atoms in total. The second-order valence-corrected chi connectivity index (χ2v) is 7.06. The van der Waals surface area contributed by atoms with Crippen LogP contribution in [0, 0.1) is 17.6 Å². The highest BCUT2D eigenvalue weighted by atomic mass is 19.1. The zero-order valence-electron chi connectivity index (χ0n) is 14.1. The molecule has 0 aromatic heterocycles. The lowest BCUT2D eigenvalue weighted by Crippen LogP contribution is -2.39. The van der Waals surface area contributed by atoms with Gasteiger partial charge in [0, 0.05) is 18.0 Å². The Kier molecular flexibility index (Phi) is 5.82. The number of hydrogen-bond donors (Lipinski definition) is 1. The lowest BCUT2D eigenvalue weighted by atomic mass is 10.0. The number of rotatable bonds is 6. The van der Waals surface area contributed by atoms with E-state index in [1.54, 1.807) is 4.90 Å². The van der Waals surface area contributed by atoms with Crippen molar-refractivity contribution in [2.75, 3.05) is 13.1 Å². The van der Waals surface area contributed by atoms with Gasteiger partial charge in [0.15, 0.2) is 0 Å². The molecule has 1 aliphatic carbocycles. The summed E-state index contributed by atoms with van der Waals surface area (Å²) in [7, 11) is 0. The van der Waals surface area contributed by atoms with Crippen molar-refractivity contribution < 1.29 is 13.6 Å². The van der Waals surface area contributed by atoms with E-state index in [9.17, 15) is 13.6 Å². The van der Waals surface area contributed by atoms with Crippen molar-refractivity contribution in [3.63, 3.8) is 0 Å². The van der Waals surface area contributed by atoms with E-state index in [0.717, 1.165) is 51.6 Å². The number of hydrogen-bond acceptors (Lipinski definition) is 2. The van der Waals surface area contributed by atoms with Crippen molar-refractivity contribution >= 4 is 5.91 Å². The molecule has 1 amide bonds. The SMILES string of the molecule is O=C(CCC1CCNC1)N(Cc1c(F)cccc1F)C1CCCC1. The Morgan fingerprint density at radius 1 is 1.17 bits per heavy atom. The smallest absolute Gasteiger partial charge is 0.223 e. The molecule has 132 valence electrons. The molecule has 3 rings (SSSR count).